The molecular weight excluding hydrogens is 713 g/mol. The maximum absolute atomic E-state index is 12.5. The van der Waals surface area contributed by atoms with Crippen molar-refractivity contribution in [2.75, 3.05) is 58.1 Å². The molecule has 18 nitrogen and oxygen atoms in total. The largest absolute Gasteiger partial charge is 0.351 e. The monoisotopic (exact) mass is 748 g/mol. The lowest BCUT2D eigenvalue weighted by Gasteiger charge is -2.12. The van der Waals surface area contributed by atoms with Crippen LogP contribution in [0.2, 0.25) is 0 Å². The van der Waals surface area contributed by atoms with Crippen LogP contribution >= 0.6 is 0 Å². The van der Waals surface area contributed by atoms with Crippen LogP contribution in [0, 0.1) is 0 Å². The molecule has 0 aliphatic rings. The van der Waals surface area contributed by atoms with Gasteiger partial charge in [-0.15, -0.1) is 26.3 Å². The molecular formula is C32H36N12O6S2. The Morgan fingerprint density at radius 3 is 1.06 bits per heavy atom. The molecule has 0 amide bonds. The molecule has 2 aromatic heterocycles. The van der Waals surface area contributed by atoms with E-state index in [9.17, 15) is 25.9 Å². The normalized spacial score (nSPS) is 11.3. The number of aromatic nitrogens is 6. The molecule has 8 N–H and O–H groups in total. The number of nitrogens with zero attached hydrogens (tertiary/aromatic N) is 6. The summed E-state index contributed by atoms with van der Waals surface area (Å²) < 4.78 is 70.0. The summed E-state index contributed by atoms with van der Waals surface area (Å²) in [6.07, 6.45) is 8.97. The number of benzene rings is 2. The van der Waals surface area contributed by atoms with Crippen molar-refractivity contribution in [1.82, 2.24) is 29.9 Å². The molecule has 0 aliphatic carbocycles. The van der Waals surface area contributed by atoms with Crippen LogP contribution < -0.4 is 31.9 Å². The van der Waals surface area contributed by atoms with Crippen molar-refractivity contribution in [2.45, 2.75) is 9.79 Å². The molecule has 2 heterocycles. The Morgan fingerprint density at radius 2 is 0.788 bits per heavy atom. The minimum absolute atomic E-state index is 0.00171. The first-order valence-corrected chi connectivity index (χ1v) is 18.1. The summed E-state index contributed by atoms with van der Waals surface area (Å²) in [7, 11) is -9.60. The minimum Gasteiger partial charge on any atom is -0.351 e. The zero-order valence-corrected chi connectivity index (χ0v) is 29.2. The zero-order valence-electron chi connectivity index (χ0n) is 27.6. The van der Waals surface area contributed by atoms with Crippen LogP contribution in [-0.2, 0) is 20.2 Å². The van der Waals surface area contributed by atoms with Crippen LogP contribution in [0.1, 0.15) is 11.1 Å². The van der Waals surface area contributed by atoms with Gasteiger partial charge in [0.15, 0.2) is 0 Å². The highest BCUT2D eigenvalue weighted by atomic mass is 32.2. The smallest absolute Gasteiger partial charge is 0.295 e. The molecule has 0 saturated carbocycles. The molecule has 4 aromatic rings. The van der Waals surface area contributed by atoms with Crippen molar-refractivity contribution in [3.8, 4) is 0 Å². The lowest BCUT2D eigenvalue weighted by atomic mass is 10.1. The van der Waals surface area contributed by atoms with Crippen LogP contribution in [0.25, 0.3) is 12.2 Å². The van der Waals surface area contributed by atoms with Crippen LogP contribution in [0.4, 0.5) is 47.1 Å². The number of hydrogen-bond acceptors (Lipinski definition) is 16. The van der Waals surface area contributed by atoms with Gasteiger partial charge >= 0.3 is 0 Å². The summed E-state index contributed by atoms with van der Waals surface area (Å²) in [5.74, 6) is 0.928. The number of nitrogens with one attached hydrogen (secondary N) is 6. The van der Waals surface area contributed by atoms with E-state index in [1.165, 1.54) is 36.4 Å². The van der Waals surface area contributed by atoms with Gasteiger partial charge in [0.05, 0.1) is 0 Å². The van der Waals surface area contributed by atoms with Gasteiger partial charge in [-0.3, -0.25) is 9.11 Å². The van der Waals surface area contributed by atoms with Gasteiger partial charge in [-0.25, -0.2) is 0 Å². The zero-order chi connectivity index (χ0) is 37.7. The maximum atomic E-state index is 12.5. The summed E-state index contributed by atoms with van der Waals surface area (Å²) in [5, 5.41) is 17.6. The number of hydrogen-bond donors (Lipinski definition) is 8. The van der Waals surface area contributed by atoms with E-state index in [2.05, 4.69) is 88.1 Å². The van der Waals surface area contributed by atoms with Gasteiger partial charge in [0, 0.05) is 37.6 Å². The molecule has 0 saturated heterocycles. The van der Waals surface area contributed by atoms with Gasteiger partial charge < -0.3 is 31.9 Å². The summed E-state index contributed by atoms with van der Waals surface area (Å²) in [5.41, 5.74) is 0.383. The fourth-order valence-corrected chi connectivity index (χ4v) is 5.64. The molecule has 272 valence electrons. The predicted molar refractivity (Wildman–Crippen MR) is 202 cm³/mol. The Kier molecular flexibility index (Phi) is 13.1. The number of rotatable bonds is 20. The lowest BCUT2D eigenvalue weighted by Crippen LogP contribution is -2.11. The third kappa shape index (κ3) is 11.1. The molecule has 0 spiro atoms. The van der Waals surface area contributed by atoms with Gasteiger partial charge in [-0.2, -0.15) is 46.7 Å². The van der Waals surface area contributed by atoms with Crippen LogP contribution in [0.3, 0.4) is 0 Å². The van der Waals surface area contributed by atoms with E-state index in [0.717, 1.165) is 12.1 Å². The number of anilines is 8. The Balaban J connectivity index is 1.66. The first-order chi connectivity index (χ1) is 24.8. The first kappa shape index (κ1) is 38.6. The van der Waals surface area contributed by atoms with Gasteiger partial charge in [-0.1, -0.05) is 48.6 Å². The fraction of sp³-hybridized carbons (Fsp3) is 0.125. The molecule has 52 heavy (non-hydrogen) atoms. The average Bonchev–Trinajstić information content (AvgIpc) is 3.10. The van der Waals surface area contributed by atoms with E-state index >= 15 is 0 Å². The highest BCUT2D eigenvalue weighted by molar-refractivity contribution is 7.86. The van der Waals surface area contributed by atoms with Crippen molar-refractivity contribution in [2.24, 2.45) is 0 Å². The van der Waals surface area contributed by atoms with Crippen molar-refractivity contribution < 1.29 is 25.9 Å². The van der Waals surface area contributed by atoms with Gasteiger partial charge in [-0.05, 0) is 35.4 Å². The van der Waals surface area contributed by atoms with E-state index in [1.54, 1.807) is 24.3 Å². The molecule has 4 rings (SSSR count). The molecule has 0 atom stereocenters. The van der Waals surface area contributed by atoms with Crippen molar-refractivity contribution in [3.63, 3.8) is 0 Å². The molecule has 2 aromatic carbocycles. The Labute approximate surface area is 300 Å². The Morgan fingerprint density at radius 1 is 0.500 bits per heavy atom. The second-order valence-electron chi connectivity index (χ2n) is 10.3. The van der Waals surface area contributed by atoms with Gasteiger partial charge in [0.1, 0.15) is 9.79 Å². The summed E-state index contributed by atoms with van der Waals surface area (Å²) in [6, 6.07) is 8.02. The fourth-order valence-electron chi connectivity index (χ4n) is 4.22. The van der Waals surface area contributed by atoms with E-state index in [1.807, 2.05) is 0 Å². The summed E-state index contributed by atoms with van der Waals surface area (Å²) in [4.78, 5) is 24.5. The third-order valence-electron chi connectivity index (χ3n) is 6.43. The minimum atomic E-state index is -4.80. The molecule has 0 aliphatic heterocycles. The molecule has 0 radical (unpaired) electrons. The van der Waals surface area contributed by atoms with Crippen molar-refractivity contribution in [1.29, 1.82) is 0 Å². The maximum Gasteiger partial charge on any atom is 0.295 e. The molecule has 20 heteroatoms. The van der Waals surface area contributed by atoms with Crippen molar-refractivity contribution in [3.05, 3.63) is 98.1 Å². The van der Waals surface area contributed by atoms with E-state index in [-0.39, 0.29) is 58.2 Å². The van der Waals surface area contributed by atoms with E-state index in [0.29, 0.717) is 26.2 Å². The van der Waals surface area contributed by atoms with Gasteiger partial charge in [0.25, 0.3) is 20.2 Å². The average molecular weight is 749 g/mol. The Hall–Kier alpha value is -6.22. The van der Waals surface area contributed by atoms with E-state index in [4.69, 9.17) is 0 Å². The summed E-state index contributed by atoms with van der Waals surface area (Å²) in [6.45, 7) is 16.0. The molecule has 0 fully saturated rings. The van der Waals surface area contributed by atoms with Crippen LogP contribution in [0.15, 0.2) is 96.8 Å². The SMILES string of the molecule is C=CCNc1nc(NCC=C)nc(Nc2ccc(/C=C/c3ccc(Nc4nc(NCC=C)nc(NCC=C)n4)cc3S(=O)(=O)O)c(S(=O)(=O)O)c2)n1. The van der Waals surface area contributed by atoms with Crippen LogP contribution in [-0.4, -0.2) is 82.0 Å². The second-order valence-corrected chi connectivity index (χ2v) is 13.1. The summed E-state index contributed by atoms with van der Waals surface area (Å²) >= 11 is 0. The van der Waals surface area contributed by atoms with Gasteiger partial charge in [0.2, 0.25) is 35.7 Å². The second kappa shape index (κ2) is 17.6. The molecule has 0 bridgehead atoms. The van der Waals surface area contributed by atoms with Crippen molar-refractivity contribution >= 4 is 79.5 Å². The Bertz CT molecular complexity index is 2000. The third-order valence-corrected chi connectivity index (χ3v) is 8.25. The first-order valence-electron chi connectivity index (χ1n) is 15.2. The quantitative estimate of drug-likeness (QED) is 0.0349. The highest BCUT2D eigenvalue weighted by Gasteiger charge is 2.19. The lowest BCUT2D eigenvalue weighted by molar-refractivity contribution is 0.480. The highest BCUT2D eigenvalue weighted by Crippen LogP contribution is 2.28. The molecule has 0 unspecified atom stereocenters. The van der Waals surface area contributed by atoms with E-state index < -0.39 is 30.0 Å². The topological polar surface area (TPSA) is 258 Å². The predicted octanol–water partition coefficient (Wildman–Crippen LogP) is 4.60. The standard InChI is InChI=1S/C32H36N12O6S2/c1-5-15-33-27-39-28(34-16-6-2)42-31(41-27)37-23-13-11-21(25(19-23)51(45,46)47)9-10-22-12-14-24(20-26(22)52(48,49)50)38-32-43-29(35-17-7-3)40-30(44-32)36-18-8-4/h5-14,19-20H,1-4,15-18H2,(H,45,46,47)(H,48,49,50)(H3,33,34,37,39,41,42)(H3,35,36,38,40,43,44)/b10-9+. The van der Waals surface area contributed by atoms with Crippen LogP contribution in [0.5, 0.6) is 0 Å².